The largest absolute Gasteiger partial charge is 0.320 e. The highest BCUT2D eigenvalue weighted by Crippen LogP contribution is 2.26. The van der Waals surface area contributed by atoms with E-state index in [-0.39, 0.29) is 23.9 Å². The molecule has 2 rings (SSSR count). The molecular weight excluding hydrogens is 257 g/mol. The van der Waals surface area contributed by atoms with Gasteiger partial charge in [0.25, 0.3) is 0 Å². The molecule has 0 bridgehead atoms. The Bertz CT molecular complexity index is 461. The summed E-state index contributed by atoms with van der Waals surface area (Å²) in [7, 11) is 3.97. The van der Waals surface area contributed by atoms with E-state index in [0.29, 0.717) is 6.54 Å². The molecule has 4 nitrogen and oxygen atoms in total. The average molecular weight is 279 g/mol. The van der Waals surface area contributed by atoms with Gasteiger partial charge >= 0.3 is 0 Å². The highest BCUT2D eigenvalue weighted by molar-refractivity contribution is 5.84. The first-order valence-corrected chi connectivity index (χ1v) is 6.99. The maximum atomic E-state index is 13.0. The first kappa shape index (κ1) is 14.9. The Labute approximate surface area is 119 Å². The van der Waals surface area contributed by atoms with E-state index in [9.17, 15) is 9.18 Å². The molecule has 1 aliphatic rings. The molecule has 2 unspecified atom stereocenters. The molecule has 1 saturated heterocycles. The predicted molar refractivity (Wildman–Crippen MR) is 76.6 cm³/mol. The van der Waals surface area contributed by atoms with E-state index in [0.717, 1.165) is 18.5 Å². The van der Waals surface area contributed by atoms with Crippen molar-refractivity contribution in [3.8, 4) is 0 Å². The molecule has 2 atom stereocenters. The van der Waals surface area contributed by atoms with Crippen LogP contribution in [0.5, 0.6) is 0 Å². The van der Waals surface area contributed by atoms with Gasteiger partial charge in [0.2, 0.25) is 5.91 Å². The lowest BCUT2D eigenvalue weighted by Gasteiger charge is -2.26. The zero-order chi connectivity index (χ0) is 14.7. The van der Waals surface area contributed by atoms with E-state index < -0.39 is 0 Å². The Morgan fingerprint density at radius 2 is 1.95 bits per heavy atom. The maximum Gasteiger partial charge on any atom is 0.241 e. The number of likely N-dealkylation sites (N-methyl/N-ethyl adjacent to an activating group) is 1. The smallest absolute Gasteiger partial charge is 0.241 e. The van der Waals surface area contributed by atoms with Crippen molar-refractivity contribution in [3.05, 3.63) is 35.6 Å². The van der Waals surface area contributed by atoms with Crippen molar-refractivity contribution in [2.24, 2.45) is 0 Å². The lowest BCUT2D eigenvalue weighted by Crippen LogP contribution is -2.36. The molecule has 1 aromatic rings. The van der Waals surface area contributed by atoms with Crippen LogP contribution in [0.15, 0.2) is 24.3 Å². The Balaban J connectivity index is 2.19. The summed E-state index contributed by atoms with van der Waals surface area (Å²) in [5, 5.41) is 3.34. The number of halogens is 1. The Hall–Kier alpha value is -1.46. The number of hydrogen-bond donors (Lipinski definition) is 1. The third kappa shape index (κ3) is 3.16. The molecule has 1 N–H and O–H groups in total. The van der Waals surface area contributed by atoms with Gasteiger partial charge in [-0.3, -0.25) is 10.1 Å². The van der Waals surface area contributed by atoms with Crippen LogP contribution in [0.4, 0.5) is 4.39 Å². The SMILES string of the molecule is CCC1NC(c2ccc(F)cc2)N(CCN(C)C)C1=O. The van der Waals surface area contributed by atoms with Crippen LogP contribution in [0.2, 0.25) is 0 Å². The van der Waals surface area contributed by atoms with Gasteiger partial charge in [-0.15, -0.1) is 0 Å². The van der Waals surface area contributed by atoms with Gasteiger partial charge < -0.3 is 9.80 Å². The Morgan fingerprint density at radius 1 is 1.30 bits per heavy atom. The molecule has 5 heteroatoms. The molecule has 1 heterocycles. The van der Waals surface area contributed by atoms with Gasteiger partial charge in [0.15, 0.2) is 0 Å². The standard InChI is InChI=1S/C15H22FN3O/c1-4-13-15(20)19(10-9-18(2)3)14(17-13)11-5-7-12(16)8-6-11/h5-8,13-14,17H,4,9-10H2,1-3H3. The highest BCUT2D eigenvalue weighted by Gasteiger charge is 2.38. The molecule has 20 heavy (non-hydrogen) atoms. The van der Waals surface area contributed by atoms with Gasteiger partial charge in [-0.25, -0.2) is 4.39 Å². The number of nitrogens with one attached hydrogen (secondary N) is 1. The minimum absolute atomic E-state index is 0.128. The molecule has 0 spiro atoms. The first-order valence-electron chi connectivity index (χ1n) is 6.99. The lowest BCUT2D eigenvalue weighted by atomic mass is 10.1. The molecule has 110 valence electrons. The number of carbonyl (C=O) groups excluding carboxylic acids is 1. The average Bonchev–Trinajstić information content (AvgIpc) is 2.74. The number of hydrogen-bond acceptors (Lipinski definition) is 3. The van der Waals surface area contributed by atoms with Crippen LogP contribution in [-0.4, -0.2) is 48.9 Å². The zero-order valence-electron chi connectivity index (χ0n) is 12.3. The maximum absolute atomic E-state index is 13.0. The van der Waals surface area contributed by atoms with Crippen LogP contribution in [-0.2, 0) is 4.79 Å². The number of amides is 1. The van der Waals surface area contributed by atoms with Crippen molar-refractivity contribution >= 4 is 5.91 Å². The summed E-state index contributed by atoms with van der Waals surface area (Å²) in [6.07, 6.45) is 0.600. The molecular formula is C15H22FN3O. The summed E-state index contributed by atoms with van der Waals surface area (Å²) in [5.74, 6) is -0.131. The second kappa shape index (κ2) is 6.33. The molecule has 0 saturated carbocycles. The van der Waals surface area contributed by atoms with Gasteiger partial charge in [-0.2, -0.15) is 0 Å². The Morgan fingerprint density at radius 3 is 2.50 bits per heavy atom. The van der Waals surface area contributed by atoms with Gasteiger partial charge in [-0.1, -0.05) is 19.1 Å². The summed E-state index contributed by atoms with van der Waals surface area (Å²) in [4.78, 5) is 16.3. The molecule has 1 amide bonds. The minimum atomic E-state index is -0.259. The van der Waals surface area contributed by atoms with E-state index >= 15 is 0 Å². The van der Waals surface area contributed by atoms with Crippen molar-refractivity contribution in [2.45, 2.75) is 25.6 Å². The minimum Gasteiger partial charge on any atom is -0.320 e. The van der Waals surface area contributed by atoms with E-state index in [1.165, 1.54) is 12.1 Å². The number of nitrogens with zero attached hydrogens (tertiary/aromatic N) is 2. The fourth-order valence-corrected chi connectivity index (χ4v) is 2.44. The van der Waals surface area contributed by atoms with E-state index in [1.54, 1.807) is 12.1 Å². The number of carbonyl (C=O) groups is 1. The second-order valence-electron chi connectivity index (χ2n) is 5.42. The summed E-state index contributed by atoms with van der Waals surface area (Å²) in [6, 6.07) is 6.20. The van der Waals surface area contributed by atoms with Gasteiger partial charge in [0.1, 0.15) is 12.0 Å². The number of benzene rings is 1. The summed E-state index contributed by atoms with van der Waals surface area (Å²) < 4.78 is 13.0. The summed E-state index contributed by atoms with van der Waals surface area (Å²) >= 11 is 0. The van der Waals surface area contributed by atoms with Crippen LogP contribution in [0.3, 0.4) is 0 Å². The molecule has 0 aromatic heterocycles. The molecule has 0 radical (unpaired) electrons. The second-order valence-corrected chi connectivity index (χ2v) is 5.42. The predicted octanol–water partition coefficient (Wildman–Crippen LogP) is 1.60. The molecule has 1 aliphatic heterocycles. The van der Waals surface area contributed by atoms with Crippen LogP contribution in [0, 0.1) is 5.82 Å². The van der Waals surface area contributed by atoms with Crippen molar-refractivity contribution in [2.75, 3.05) is 27.2 Å². The van der Waals surface area contributed by atoms with Crippen molar-refractivity contribution in [1.82, 2.24) is 15.1 Å². The summed E-state index contributed by atoms with van der Waals surface area (Å²) in [5.41, 5.74) is 0.925. The van der Waals surface area contributed by atoms with E-state index in [1.807, 2.05) is 30.8 Å². The monoisotopic (exact) mass is 279 g/mol. The zero-order valence-corrected chi connectivity index (χ0v) is 12.3. The molecule has 1 aromatic carbocycles. The normalized spacial score (nSPS) is 22.9. The van der Waals surface area contributed by atoms with Gasteiger partial charge in [0, 0.05) is 13.1 Å². The van der Waals surface area contributed by atoms with E-state index in [2.05, 4.69) is 5.32 Å². The van der Waals surface area contributed by atoms with Crippen molar-refractivity contribution < 1.29 is 9.18 Å². The Kier molecular flexibility index (Phi) is 4.73. The van der Waals surface area contributed by atoms with Gasteiger partial charge in [0.05, 0.1) is 6.04 Å². The lowest BCUT2D eigenvalue weighted by molar-refractivity contribution is -0.130. The highest BCUT2D eigenvalue weighted by atomic mass is 19.1. The first-order chi connectivity index (χ1) is 9.52. The fourth-order valence-electron chi connectivity index (χ4n) is 2.44. The van der Waals surface area contributed by atoms with Crippen molar-refractivity contribution in [3.63, 3.8) is 0 Å². The van der Waals surface area contributed by atoms with Crippen LogP contribution in [0.25, 0.3) is 0 Å². The third-order valence-electron chi connectivity index (χ3n) is 3.63. The quantitative estimate of drug-likeness (QED) is 0.889. The fraction of sp³-hybridized carbons (Fsp3) is 0.533. The van der Waals surface area contributed by atoms with E-state index in [4.69, 9.17) is 0 Å². The van der Waals surface area contributed by atoms with Crippen LogP contribution in [0.1, 0.15) is 25.1 Å². The number of rotatable bonds is 5. The van der Waals surface area contributed by atoms with Crippen LogP contribution < -0.4 is 5.32 Å². The molecule has 1 fully saturated rings. The topological polar surface area (TPSA) is 35.6 Å². The van der Waals surface area contributed by atoms with Crippen LogP contribution >= 0.6 is 0 Å². The summed E-state index contributed by atoms with van der Waals surface area (Å²) in [6.45, 7) is 3.46. The van der Waals surface area contributed by atoms with Crippen molar-refractivity contribution in [1.29, 1.82) is 0 Å². The molecule has 0 aliphatic carbocycles. The van der Waals surface area contributed by atoms with Gasteiger partial charge in [-0.05, 0) is 38.2 Å². The third-order valence-corrected chi connectivity index (χ3v) is 3.63.